The fourth-order valence-corrected chi connectivity index (χ4v) is 1.16. The van der Waals surface area contributed by atoms with Crippen molar-refractivity contribution in [1.29, 1.82) is 0 Å². The van der Waals surface area contributed by atoms with Gasteiger partial charge in [-0.05, 0) is 11.6 Å². The minimum absolute atomic E-state index is 0.240. The number of hydrogen-bond acceptors (Lipinski definition) is 2. The van der Waals surface area contributed by atoms with Gasteiger partial charge in [0.25, 0.3) is 5.24 Å². The van der Waals surface area contributed by atoms with E-state index < -0.39 is 5.24 Å². The van der Waals surface area contributed by atoms with Gasteiger partial charge >= 0.3 is 0 Å². The summed E-state index contributed by atoms with van der Waals surface area (Å²) >= 11 is 10.8. The van der Waals surface area contributed by atoms with Crippen LogP contribution in [0.3, 0.4) is 0 Å². The third-order valence-corrected chi connectivity index (χ3v) is 1.70. The van der Waals surface area contributed by atoms with E-state index in [2.05, 4.69) is 5.10 Å². The van der Waals surface area contributed by atoms with Gasteiger partial charge in [-0.15, -0.1) is 11.6 Å². The van der Waals surface area contributed by atoms with Crippen LogP contribution in [-0.2, 0) is 12.9 Å². The third-order valence-electron chi connectivity index (χ3n) is 1.23. The highest BCUT2D eigenvalue weighted by atomic mass is 35.5. The Labute approximate surface area is 73.9 Å². The number of alkyl halides is 1. The summed E-state index contributed by atoms with van der Waals surface area (Å²) in [6.45, 7) is 0. The van der Waals surface area contributed by atoms with Crippen LogP contribution < -0.4 is 0 Å². The first kappa shape index (κ1) is 8.56. The highest BCUT2D eigenvalue weighted by Gasteiger charge is 2.11. The maximum atomic E-state index is 10.7. The van der Waals surface area contributed by atoms with E-state index in [-0.39, 0.29) is 11.6 Å². The Balaban J connectivity index is 3.12. The van der Waals surface area contributed by atoms with Crippen molar-refractivity contribution in [1.82, 2.24) is 9.78 Å². The summed E-state index contributed by atoms with van der Waals surface area (Å²) in [6, 6.07) is 0. The van der Waals surface area contributed by atoms with E-state index in [9.17, 15) is 4.79 Å². The lowest BCUT2D eigenvalue weighted by Gasteiger charge is -1.87. The van der Waals surface area contributed by atoms with Gasteiger partial charge in [0.05, 0.1) is 5.88 Å². The van der Waals surface area contributed by atoms with Gasteiger partial charge in [0.15, 0.2) is 0 Å². The van der Waals surface area contributed by atoms with Crippen molar-refractivity contribution >= 4 is 28.4 Å². The summed E-state index contributed by atoms with van der Waals surface area (Å²) in [5.74, 6) is 0.252. The Morgan fingerprint density at radius 1 is 1.82 bits per heavy atom. The highest BCUT2D eigenvalue weighted by Crippen LogP contribution is 2.11. The zero-order chi connectivity index (χ0) is 8.43. The molecule has 5 heteroatoms. The van der Waals surface area contributed by atoms with Crippen molar-refractivity contribution in [2.75, 3.05) is 0 Å². The van der Waals surface area contributed by atoms with Gasteiger partial charge < -0.3 is 0 Å². The molecule has 0 aliphatic heterocycles. The molecule has 0 aliphatic carbocycles. The highest BCUT2D eigenvalue weighted by molar-refractivity contribution is 6.67. The normalized spacial score (nSPS) is 10.1. The number of carbonyl (C=O) groups is 1. The Morgan fingerprint density at radius 3 is 2.82 bits per heavy atom. The van der Waals surface area contributed by atoms with Crippen LogP contribution in [0.4, 0.5) is 0 Å². The molecule has 60 valence electrons. The smallest absolute Gasteiger partial charge is 0.273 e. The SMILES string of the molecule is Cn1cc(CCl)c(C(=O)Cl)n1. The van der Waals surface area contributed by atoms with Gasteiger partial charge in [-0.1, -0.05) is 0 Å². The van der Waals surface area contributed by atoms with Crippen LogP contribution in [-0.4, -0.2) is 15.0 Å². The molecule has 0 bridgehead atoms. The molecule has 1 aromatic rings. The number of hydrogen-bond donors (Lipinski definition) is 0. The number of rotatable bonds is 2. The van der Waals surface area contributed by atoms with Gasteiger partial charge in [0.1, 0.15) is 5.69 Å². The largest absolute Gasteiger partial charge is 0.275 e. The molecule has 11 heavy (non-hydrogen) atoms. The van der Waals surface area contributed by atoms with Crippen LogP contribution in [0.2, 0.25) is 0 Å². The Morgan fingerprint density at radius 2 is 2.45 bits per heavy atom. The first-order chi connectivity index (χ1) is 5.15. The number of aromatic nitrogens is 2. The topological polar surface area (TPSA) is 34.9 Å². The van der Waals surface area contributed by atoms with Crippen LogP contribution >= 0.6 is 23.2 Å². The molecule has 1 rings (SSSR count). The number of carbonyl (C=O) groups excluding carboxylic acids is 1. The van der Waals surface area contributed by atoms with Crippen molar-refractivity contribution in [2.45, 2.75) is 5.88 Å². The van der Waals surface area contributed by atoms with Gasteiger partial charge in [-0.25, -0.2) is 0 Å². The van der Waals surface area contributed by atoms with Crippen LogP contribution in [0.1, 0.15) is 16.1 Å². The second-order valence-electron chi connectivity index (χ2n) is 2.08. The number of aryl methyl sites for hydroxylation is 1. The summed E-state index contributed by atoms with van der Waals surface area (Å²) in [7, 11) is 1.71. The molecule has 0 spiro atoms. The molecule has 0 amide bonds. The fourth-order valence-electron chi connectivity index (χ4n) is 0.801. The maximum absolute atomic E-state index is 10.7. The van der Waals surface area contributed by atoms with E-state index in [0.717, 1.165) is 0 Å². The molecule has 3 nitrogen and oxygen atoms in total. The van der Waals surface area contributed by atoms with Crippen molar-refractivity contribution in [3.8, 4) is 0 Å². The summed E-state index contributed by atoms with van der Waals surface area (Å²) in [4.78, 5) is 10.7. The van der Waals surface area contributed by atoms with Gasteiger partial charge in [-0.2, -0.15) is 5.10 Å². The quantitative estimate of drug-likeness (QED) is 0.527. The van der Waals surface area contributed by atoms with Crippen LogP contribution in [0, 0.1) is 0 Å². The van der Waals surface area contributed by atoms with Crippen LogP contribution in [0.25, 0.3) is 0 Å². The maximum Gasteiger partial charge on any atom is 0.273 e. The van der Waals surface area contributed by atoms with Crippen molar-refractivity contribution < 1.29 is 4.79 Å². The van der Waals surface area contributed by atoms with E-state index in [0.29, 0.717) is 5.56 Å². The predicted octanol–water partition coefficient (Wildman–Crippen LogP) is 1.54. The summed E-state index contributed by atoms with van der Waals surface area (Å²) in [5, 5.41) is 3.26. The molecule has 0 atom stereocenters. The van der Waals surface area contributed by atoms with Gasteiger partial charge in [0, 0.05) is 18.8 Å². The Bertz CT molecular complexity index is 282. The molecule has 0 aliphatic rings. The average molecular weight is 193 g/mol. The zero-order valence-electron chi connectivity index (χ0n) is 5.84. The molecule has 0 N–H and O–H groups in total. The second kappa shape index (κ2) is 3.24. The molecular weight excluding hydrogens is 187 g/mol. The summed E-state index contributed by atoms with van der Waals surface area (Å²) in [5.41, 5.74) is 0.901. The van der Waals surface area contributed by atoms with Crippen molar-refractivity contribution in [2.24, 2.45) is 7.05 Å². The zero-order valence-corrected chi connectivity index (χ0v) is 7.35. The molecule has 0 fully saturated rings. The molecular formula is C6H6Cl2N2O. The molecule has 0 saturated carbocycles. The van der Waals surface area contributed by atoms with E-state index in [1.165, 1.54) is 4.68 Å². The lowest BCUT2D eigenvalue weighted by molar-refractivity contribution is 0.107. The molecule has 0 unspecified atom stereocenters. The Hall–Kier alpha value is -0.540. The first-order valence-electron chi connectivity index (χ1n) is 2.93. The molecule has 1 heterocycles. The van der Waals surface area contributed by atoms with E-state index in [1.807, 2.05) is 0 Å². The monoisotopic (exact) mass is 192 g/mol. The molecule has 1 aromatic heterocycles. The van der Waals surface area contributed by atoms with Crippen LogP contribution in [0.15, 0.2) is 6.20 Å². The fraction of sp³-hybridized carbons (Fsp3) is 0.333. The third kappa shape index (κ3) is 1.73. The summed E-state index contributed by atoms with van der Waals surface area (Å²) < 4.78 is 1.51. The van der Waals surface area contributed by atoms with Crippen molar-refractivity contribution in [3.63, 3.8) is 0 Å². The van der Waals surface area contributed by atoms with E-state index in [4.69, 9.17) is 23.2 Å². The number of halogens is 2. The van der Waals surface area contributed by atoms with Crippen LogP contribution in [0.5, 0.6) is 0 Å². The molecule has 0 aromatic carbocycles. The van der Waals surface area contributed by atoms with Gasteiger partial charge in [-0.3, -0.25) is 9.48 Å². The first-order valence-corrected chi connectivity index (χ1v) is 3.84. The Kier molecular flexibility index (Phi) is 2.52. The van der Waals surface area contributed by atoms with Gasteiger partial charge in [0.2, 0.25) is 0 Å². The standard InChI is InChI=1S/C6H6Cl2N2O/c1-10-3-4(2-7)5(9-10)6(8)11/h3H,2H2,1H3. The lowest BCUT2D eigenvalue weighted by Crippen LogP contribution is -1.95. The second-order valence-corrected chi connectivity index (χ2v) is 2.69. The summed E-state index contributed by atoms with van der Waals surface area (Å²) in [6.07, 6.45) is 1.67. The average Bonchev–Trinajstić information content (AvgIpc) is 2.30. The predicted molar refractivity (Wildman–Crippen MR) is 42.9 cm³/mol. The minimum atomic E-state index is -0.568. The molecule has 0 saturated heterocycles. The van der Waals surface area contributed by atoms with E-state index >= 15 is 0 Å². The minimum Gasteiger partial charge on any atom is -0.275 e. The van der Waals surface area contributed by atoms with Crippen molar-refractivity contribution in [3.05, 3.63) is 17.5 Å². The molecule has 0 radical (unpaired) electrons. The number of nitrogens with zero attached hydrogens (tertiary/aromatic N) is 2. The lowest BCUT2D eigenvalue weighted by atomic mass is 10.3. The van der Waals surface area contributed by atoms with E-state index in [1.54, 1.807) is 13.2 Å².